The van der Waals surface area contributed by atoms with E-state index < -0.39 is 0 Å². The van der Waals surface area contributed by atoms with E-state index in [1.165, 1.54) is 29.3 Å². The standard InChI is InChI=1S/C16H18N2/c1-2-3-10-18-12-13(11-17-14-8-9-14)15-6-4-5-7-16(15)18/h1,4-7,12,14,17H,3,8-11H2. The predicted molar refractivity (Wildman–Crippen MR) is 75.2 cm³/mol. The Morgan fingerprint density at radius 3 is 2.94 bits per heavy atom. The SMILES string of the molecule is C#CCCn1cc(CNC2CC2)c2ccccc21. The van der Waals surface area contributed by atoms with E-state index >= 15 is 0 Å². The van der Waals surface area contributed by atoms with Crippen molar-refractivity contribution in [1.82, 2.24) is 9.88 Å². The Hall–Kier alpha value is -1.72. The van der Waals surface area contributed by atoms with Gasteiger partial charge in [-0.1, -0.05) is 18.2 Å². The number of rotatable bonds is 5. The number of nitrogens with one attached hydrogen (secondary N) is 1. The maximum atomic E-state index is 5.36. The summed E-state index contributed by atoms with van der Waals surface area (Å²) in [6.07, 6.45) is 11.0. The van der Waals surface area contributed by atoms with Crippen LogP contribution < -0.4 is 5.32 Å². The van der Waals surface area contributed by atoms with E-state index in [0.29, 0.717) is 0 Å². The monoisotopic (exact) mass is 238 g/mol. The van der Waals surface area contributed by atoms with E-state index in [9.17, 15) is 0 Å². The van der Waals surface area contributed by atoms with Crippen molar-refractivity contribution in [3.63, 3.8) is 0 Å². The molecule has 1 aromatic carbocycles. The summed E-state index contributed by atoms with van der Waals surface area (Å²) in [6.45, 7) is 1.87. The van der Waals surface area contributed by atoms with E-state index in [2.05, 4.69) is 46.3 Å². The molecule has 2 heteroatoms. The third kappa shape index (κ3) is 2.27. The van der Waals surface area contributed by atoms with Crippen molar-refractivity contribution in [2.45, 2.75) is 38.4 Å². The summed E-state index contributed by atoms with van der Waals surface area (Å²) in [4.78, 5) is 0. The molecule has 0 bridgehead atoms. The van der Waals surface area contributed by atoms with Crippen molar-refractivity contribution in [2.75, 3.05) is 0 Å². The molecule has 0 atom stereocenters. The van der Waals surface area contributed by atoms with Gasteiger partial charge in [-0.3, -0.25) is 0 Å². The Balaban J connectivity index is 1.89. The van der Waals surface area contributed by atoms with Crippen LogP contribution in [0.25, 0.3) is 10.9 Å². The van der Waals surface area contributed by atoms with E-state index in [4.69, 9.17) is 6.42 Å². The summed E-state index contributed by atoms with van der Waals surface area (Å²) in [5.41, 5.74) is 2.68. The molecular weight excluding hydrogens is 220 g/mol. The lowest BCUT2D eigenvalue weighted by Crippen LogP contribution is -2.14. The zero-order chi connectivity index (χ0) is 12.4. The molecule has 18 heavy (non-hydrogen) atoms. The molecule has 1 N–H and O–H groups in total. The van der Waals surface area contributed by atoms with E-state index in [0.717, 1.165) is 25.6 Å². The fourth-order valence-electron chi connectivity index (χ4n) is 2.38. The van der Waals surface area contributed by atoms with E-state index in [-0.39, 0.29) is 0 Å². The number of hydrogen-bond donors (Lipinski definition) is 1. The van der Waals surface area contributed by atoms with Crippen LogP contribution in [0.1, 0.15) is 24.8 Å². The highest BCUT2D eigenvalue weighted by Gasteiger charge is 2.20. The van der Waals surface area contributed by atoms with Gasteiger partial charge in [0, 0.05) is 42.7 Å². The molecule has 0 aliphatic heterocycles. The minimum atomic E-state index is 0.748. The van der Waals surface area contributed by atoms with Crippen LogP contribution >= 0.6 is 0 Å². The van der Waals surface area contributed by atoms with Gasteiger partial charge in [-0.2, -0.15) is 0 Å². The summed E-state index contributed by atoms with van der Waals surface area (Å²) in [7, 11) is 0. The number of aromatic nitrogens is 1. The highest BCUT2D eigenvalue weighted by Crippen LogP contribution is 2.24. The molecule has 0 amide bonds. The molecule has 0 spiro atoms. The average molecular weight is 238 g/mol. The summed E-state index contributed by atoms with van der Waals surface area (Å²) in [5.74, 6) is 2.71. The molecular formula is C16H18N2. The first-order chi connectivity index (χ1) is 8.88. The van der Waals surface area contributed by atoms with Gasteiger partial charge in [0.25, 0.3) is 0 Å². The molecule has 2 nitrogen and oxygen atoms in total. The summed E-state index contributed by atoms with van der Waals surface area (Å²) < 4.78 is 2.28. The summed E-state index contributed by atoms with van der Waals surface area (Å²) >= 11 is 0. The zero-order valence-electron chi connectivity index (χ0n) is 10.5. The van der Waals surface area contributed by atoms with E-state index in [1.807, 2.05) is 0 Å². The van der Waals surface area contributed by atoms with Crippen LogP contribution in [0.4, 0.5) is 0 Å². The van der Waals surface area contributed by atoms with Crippen molar-refractivity contribution in [3.05, 3.63) is 36.0 Å². The molecule has 0 unspecified atom stereocenters. The molecule has 3 rings (SSSR count). The van der Waals surface area contributed by atoms with Gasteiger partial charge in [-0.25, -0.2) is 0 Å². The first-order valence-electron chi connectivity index (χ1n) is 6.62. The molecule has 2 aromatic rings. The minimum absolute atomic E-state index is 0.748. The number of benzene rings is 1. The lowest BCUT2D eigenvalue weighted by atomic mass is 10.2. The molecule has 1 aromatic heterocycles. The van der Waals surface area contributed by atoms with Gasteiger partial charge >= 0.3 is 0 Å². The Bertz CT molecular complexity index is 585. The topological polar surface area (TPSA) is 17.0 Å². The lowest BCUT2D eigenvalue weighted by Gasteiger charge is -2.00. The second kappa shape index (κ2) is 4.88. The van der Waals surface area contributed by atoms with Crippen LogP contribution in [0, 0.1) is 12.3 Å². The molecule has 92 valence electrons. The van der Waals surface area contributed by atoms with Gasteiger partial charge in [0.1, 0.15) is 0 Å². The Kier molecular flexibility index (Phi) is 3.08. The average Bonchev–Trinajstić information content (AvgIpc) is 3.17. The predicted octanol–water partition coefficient (Wildman–Crippen LogP) is 2.92. The van der Waals surface area contributed by atoms with Gasteiger partial charge in [0.2, 0.25) is 0 Å². The Morgan fingerprint density at radius 2 is 2.17 bits per heavy atom. The van der Waals surface area contributed by atoms with Gasteiger partial charge in [0.05, 0.1) is 0 Å². The normalized spacial score (nSPS) is 14.8. The Morgan fingerprint density at radius 1 is 1.33 bits per heavy atom. The first kappa shape index (κ1) is 11.4. The van der Waals surface area contributed by atoms with Gasteiger partial charge < -0.3 is 9.88 Å². The third-order valence-corrected chi connectivity index (χ3v) is 3.53. The summed E-state index contributed by atoms with van der Waals surface area (Å²) in [5, 5.41) is 4.93. The second-order valence-electron chi connectivity index (χ2n) is 4.97. The van der Waals surface area contributed by atoms with Gasteiger partial charge in [-0.05, 0) is 24.5 Å². The number of aryl methyl sites for hydroxylation is 1. The van der Waals surface area contributed by atoms with Crippen LogP contribution in [-0.4, -0.2) is 10.6 Å². The maximum absolute atomic E-state index is 5.36. The second-order valence-corrected chi connectivity index (χ2v) is 4.97. The van der Waals surface area contributed by atoms with Crippen LogP contribution in [0.2, 0.25) is 0 Å². The number of hydrogen-bond acceptors (Lipinski definition) is 1. The van der Waals surface area contributed by atoms with Crippen molar-refractivity contribution in [1.29, 1.82) is 0 Å². The highest BCUT2D eigenvalue weighted by molar-refractivity contribution is 5.83. The smallest absolute Gasteiger partial charge is 0.0483 e. The van der Waals surface area contributed by atoms with Gasteiger partial charge in [0.15, 0.2) is 0 Å². The summed E-state index contributed by atoms with van der Waals surface area (Å²) in [6, 6.07) is 9.32. The van der Waals surface area contributed by atoms with Crippen molar-refractivity contribution >= 4 is 10.9 Å². The van der Waals surface area contributed by atoms with Crippen LogP contribution in [-0.2, 0) is 13.1 Å². The van der Waals surface area contributed by atoms with Crippen molar-refractivity contribution in [2.24, 2.45) is 0 Å². The fourth-order valence-corrected chi connectivity index (χ4v) is 2.38. The molecule has 1 fully saturated rings. The lowest BCUT2D eigenvalue weighted by molar-refractivity contribution is 0.683. The molecule has 0 radical (unpaired) electrons. The molecule has 1 aliphatic rings. The molecule has 1 aliphatic carbocycles. The van der Waals surface area contributed by atoms with Gasteiger partial charge in [-0.15, -0.1) is 12.3 Å². The number of para-hydroxylation sites is 1. The van der Waals surface area contributed by atoms with Crippen molar-refractivity contribution < 1.29 is 0 Å². The Labute approximate surface area is 108 Å². The first-order valence-corrected chi connectivity index (χ1v) is 6.62. The number of terminal acetylenes is 1. The van der Waals surface area contributed by atoms with Crippen LogP contribution in [0.5, 0.6) is 0 Å². The molecule has 1 heterocycles. The van der Waals surface area contributed by atoms with Crippen molar-refractivity contribution in [3.8, 4) is 12.3 Å². The van der Waals surface area contributed by atoms with Crippen LogP contribution in [0.3, 0.4) is 0 Å². The molecule has 1 saturated carbocycles. The third-order valence-electron chi connectivity index (χ3n) is 3.53. The largest absolute Gasteiger partial charge is 0.346 e. The van der Waals surface area contributed by atoms with Crippen LogP contribution in [0.15, 0.2) is 30.5 Å². The highest BCUT2D eigenvalue weighted by atomic mass is 15.0. The number of fused-ring (bicyclic) bond motifs is 1. The zero-order valence-corrected chi connectivity index (χ0v) is 10.5. The minimum Gasteiger partial charge on any atom is -0.346 e. The molecule has 0 saturated heterocycles. The fraction of sp³-hybridized carbons (Fsp3) is 0.375. The van der Waals surface area contributed by atoms with E-state index in [1.54, 1.807) is 0 Å². The maximum Gasteiger partial charge on any atom is 0.0483 e. The quantitative estimate of drug-likeness (QED) is 0.793. The number of nitrogens with zero attached hydrogens (tertiary/aromatic N) is 1.